The summed E-state index contributed by atoms with van der Waals surface area (Å²) in [5.41, 5.74) is 7.61. The molecule has 194 valence electrons. The number of hydrogen-bond donors (Lipinski definition) is 2. The van der Waals surface area contributed by atoms with Crippen molar-refractivity contribution in [2.45, 2.75) is 56.0 Å². The number of hydrogen-bond acceptors (Lipinski definition) is 6. The predicted octanol–water partition coefficient (Wildman–Crippen LogP) is 3.96. The topological polar surface area (TPSA) is 111 Å². The molecule has 0 radical (unpaired) electrons. The number of nitrogens with one attached hydrogen (secondary N) is 1. The zero-order valence-electron chi connectivity index (χ0n) is 20.0. The molecular formula is C25H26F3N7O2. The fourth-order valence-corrected chi connectivity index (χ4v) is 5.77. The molecule has 37 heavy (non-hydrogen) atoms. The first-order chi connectivity index (χ1) is 17.7. The molecule has 2 fully saturated rings. The molecule has 1 spiro atoms. The molecule has 5 heterocycles. The van der Waals surface area contributed by atoms with Crippen LogP contribution in [0.2, 0.25) is 0 Å². The van der Waals surface area contributed by atoms with Gasteiger partial charge in [0, 0.05) is 48.7 Å². The molecule has 1 saturated heterocycles. The van der Waals surface area contributed by atoms with Crippen molar-refractivity contribution >= 4 is 11.8 Å². The Morgan fingerprint density at radius 3 is 2.62 bits per heavy atom. The average Bonchev–Trinajstić information content (AvgIpc) is 3.54. The summed E-state index contributed by atoms with van der Waals surface area (Å²) in [5.74, 6) is -0.911. The van der Waals surface area contributed by atoms with Gasteiger partial charge in [0.2, 0.25) is 0 Å². The van der Waals surface area contributed by atoms with E-state index < -0.39 is 17.7 Å². The van der Waals surface area contributed by atoms with Crippen molar-refractivity contribution in [1.29, 1.82) is 0 Å². The van der Waals surface area contributed by atoms with Gasteiger partial charge in [0.15, 0.2) is 11.6 Å². The smallest absolute Gasteiger partial charge is 0.402 e. The summed E-state index contributed by atoms with van der Waals surface area (Å²) in [5, 5.41) is 7.87. The number of nitrogen functional groups attached to an aromatic ring is 1. The van der Waals surface area contributed by atoms with Gasteiger partial charge in [0.1, 0.15) is 0 Å². The number of anilines is 1. The lowest BCUT2D eigenvalue weighted by Gasteiger charge is -2.42. The molecule has 3 aliphatic rings. The Morgan fingerprint density at radius 1 is 1.11 bits per heavy atom. The summed E-state index contributed by atoms with van der Waals surface area (Å²) in [7, 11) is 0. The van der Waals surface area contributed by atoms with Gasteiger partial charge in [-0.1, -0.05) is 6.07 Å². The van der Waals surface area contributed by atoms with E-state index in [4.69, 9.17) is 5.73 Å². The molecule has 2 amide bonds. The largest absolute Gasteiger partial charge is 0.573 e. The zero-order valence-corrected chi connectivity index (χ0v) is 20.0. The van der Waals surface area contributed by atoms with Crippen LogP contribution in [0.1, 0.15) is 43.5 Å². The highest BCUT2D eigenvalue weighted by molar-refractivity contribution is 5.76. The highest BCUT2D eigenvalue weighted by Crippen LogP contribution is 2.45. The summed E-state index contributed by atoms with van der Waals surface area (Å²) in [6.07, 6.45) is 2.64. The van der Waals surface area contributed by atoms with Crippen molar-refractivity contribution < 1.29 is 22.7 Å². The Labute approximate surface area is 210 Å². The van der Waals surface area contributed by atoms with E-state index in [1.54, 1.807) is 6.20 Å². The number of rotatable bonds is 4. The standard InChI is InChI=1S/C25H26F3N7O2/c26-25(27,28)37-18-12-16(14-31-21(18)29)17-13-20-23(8-11-35(20)33-17)7-10-34(15-23)22(36)32-24(5-3-6-24)19-4-1-2-9-30-19/h1-2,4,9,12-14H,3,5-8,10-11,15H2,(H2,29,31)(H,32,36)/t23-/m1/s1. The molecule has 1 atom stereocenters. The zero-order chi connectivity index (χ0) is 25.8. The van der Waals surface area contributed by atoms with Crippen molar-refractivity contribution in [3.05, 3.63) is 54.1 Å². The number of amides is 2. The lowest BCUT2D eigenvalue weighted by molar-refractivity contribution is -0.274. The molecule has 12 heteroatoms. The molecule has 6 rings (SSSR count). The number of pyridine rings is 2. The van der Waals surface area contributed by atoms with Gasteiger partial charge < -0.3 is 20.7 Å². The molecule has 3 aromatic heterocycles. The summed E-state index contributed by atoms with van der Waals surface area (Å²) < 4.78 is 44.1. The third-order valence-electron chi connectivity index (χ3n) is 7.88. The normalized spacial score (nSPS) is 22.1. The quantitative estimate of drug-likeness (QED) is 0.547. The van der Waals surface area contributed by atoms with Crippen molar-refractivity contribution in [2.75, 3.05) is 18.8 Å². The van der Waals surface area contributed by atoms with Crippen LogP contribution in [0, 0.1) is 0 Å². The molecule has 3 N–H and O–H groups in total. The van der Waals surface area contributed by atoms with Gasteiger partial charge in [0.25, 0.3) is 0 Å². The third-order valence-corrected chi connectivity index (χ3v) is 7.88. The van der Waals surface area contributed by atoms with Gasteiger partial charge in [-0.2, -0.15) is 5.10 Å². The minimum Gasteiger partial charge on any atom is -0.402 e. The van der Waals surface area contributed by atoms with E-state index in [9.17, 15) is 18.0 Å². The first kappa shape index (κ1) is 23.6. The minimum absolute atomic E-state index is 0.0999. The molecule has 2 aliphatic heterocycles. The molecule has 1 saturated carbocycles. The number of nitrogens with two attached hydrogens (primary N) is 1. The number of alkyl halides is 3. The number of carbonyl (C=O) groups is 1. The second-order valence-electron chi connectivity index (χ2n) is 10.1. The molecule has 0 aromatic carbocycles. The summed E-state index contributed by atoms with van der Waals surface area (Å²) in [6, 6.07) is 8.73. The summed E-state index contributed by atoms with van der Waals surface area (Å²) in [6.45, 7) is 1.82. The van der Waals surface area contributed by atoms with Crippen LogP contribution in [-0.4, -0.2) is 50.1 Å². The molecule has 3 aromatic rings. The van der Waals surface area contributed by atoms with Crippen LogP contribution in [0.25, 0.3) is 11.3 Å². The van der Waals surface area contributed by atoms with Crippen molar-refractivity contribution in [3.63, 3.8) is 0 Å². The van der Waals surface area contributed by atoms with E-state index in [1.807, 2.05) is 33.8 Å². The van der Waals surface area contributed by atoms with Crippen LogP contribution in [0.15, 0.2) is 42.7 Å². The summed E-state index contributed by atoms with van der Waals surface area (Å²) >= 11 is 0. The van der Waals surface area contributed by atoms with E-state index in [1.165, 1.54) is 12.3 Å². The number of halogens is 3. The van der Waals surface area contributed by atoms with Crippen LogP contribution in [0.3, 0.4) is 0 Å². The number of carbonyl (C=O) groups excluding carboxylic acids is 1. The number of aromatic nitrogens is 4. The van der Waals surface area contributed by atoms with Crippen molar-refractivity contribution in [3.8, 4) is 17.0 Å². The third kappa shape index (κ3) is 4.13. The lowest BCUT2D eigenvalue weighted by atomic mass is 9.74. The second kappa shape index (κ2) is 8.35. The second-order valence-corrected chi connectivity index (χ2v) is 10.1. The number of urea groups is 1. The number of nitrogens with zero attached hydrogens (tertiary/aromatic N) is 5. The van der Waals surface area contributed by atoms with Gasteiger partial charge in [-0.3, -0.25) is 9.67 Å². The van der Waals surface area contributed by atoms with Gasteiger partial charge in [-0.25, -0.2) is 9.78 Å². The van der Waals surface area contributed by atoms with E-state index >= 15 is 0 Å². The Balaban J connectivity index is 1.20. The predicted molar refractivity (Wildman–Crippen MR) is 127 cm³/mol. The number of ether oxygens (including phenoxy) is 1. The highest BCUT2D eigenvalue weighted by atomic mass is 19.4. The highest BCUT2D eigenvalue weighted by Gasteiger charge is 2.49. The van der Waals surface area contributed by atoms with Crippen LogP contribution < -0.4 is 15.8 Å². The molecule has 0 unspecified atom stereocenters. The first-order valence-electron chi connectivity index (χ1n) is 12.3. The van der Waals surface area contributed by atoms with E-state index in [0.29, 0.717) is 30.9 Å². The Bertz CT molecular complexity index is 1340. The lowest BCUT2D eigenvalue weighted by Crippen LogP contribution is -2.55. The van der Waals surface area contributed by atoms with Gasteiger partial charge >= 0.3 is 12.4 Å². The maximum atomic E-state index is 13.3. The van der Waals surface area contributed by atoms with Gasteiger partial charge in [0.05, 0.1) is 16.9 Å². The maximum absolute atomic E-state index is 13.3. The maximum Gasteiger partial charge on any atom is 0.573 e. The van der Waals surface area contributed by atoms with Crippen molar-refractivity contribution in [2.24, 2.45) is 0 Å². The number of fused-ring (bicyclic) bond motifs is 2. The minimum atomic E-state index is -4.88. The molecule has 0 bridgehead atoms. The average molecular weight is 514 g/mol. The molecule has 9 nitrogen and oxygen atoms in total. The van der Waals surface area contributed by atoms with Crippen LogP contribution >= 0.6 is 0 Å². The monoisotopic (exact) mass is 513 g/mol. The van der Waals surface area contributed by atoms with Crippen LogP contribution in [0.5, 0.6) is 5.75 Å². The van der Waals surface area contributed by atoms with Crippen molar-refractivity contribution in [1.82, 2.24) is 30.0 Å². The van der Waals surface area contributed by atoms with Crippen LogP contribution in [0.4, 0.5) is 23.8 Å². The van der Waals surface area contributed by atoms with Gasteiger partial charge in [-0.05, 0) is 56.4 Å². The number of likely N-dealkylation sites (tertiary alicyclic amines) is 1. The van der Waals surface area contributed by atoms with E-state index in [2.05, 4.69) is 25.1 Å². The Hall–Kier alpha value is -3.83. The molecule has 1 aliphatic carbocycles. The fraction of sp³-hybridized carbons (Fsp3) is 0.440. The van der Waals surface area contributed by atoms with Crippen LogP contribution in [-0.2, 0) is 17.5 Å². The SMILES string of the molecule is Nc1ncc(-c2cc3n(n2)CC[C@@]32CCN(C(=O)NC3(c4ccccn4)CCC3)C2)cc1OC(F)(F)F. The van der Waals surface area contributed by atoms with E-state index in [-0.39, 0.29) is 17.3 Å². The Kier molecular flexibility index (Phi) is 5.32. The fourth-order valence-electron chi connectivity index (χ4n) is 5.77. The van der Waals surface area contributed by atoms with E-state index in [0.717, 1.165) is 43.5 Å². The van der Waals surface area contributed by atoms with Gasteiger partial charge in [-0.15, -0.1) is 13.2 Å². The summed E-state index contributed by atoms with van der Waals surface area (Å²) in [4.78, 5) is 23.5. The Morgan fingerprint density at radius 2 is 1.92 bits per heavy atom. The molecular weight excluding hydrogens is 487 g/mol. The first-order valence-corrected chi connectivity index (χ1v) is 12.3. The number of aryl methyl sites for hydroxylation is 1.